The Morgan fingerprint density at radius 1 is 1.14 bits per heavy atom. The molecule has 2 aromatic heterocycles. The van der Waals surface area contributed by atoms with Crippen LogP contribution in [0, 0.1) is 0 Å². The van der Waals surface area contributed by atoms with Gasteiger partial charge in [-0.3, -0.25) is 5.32 Å². The lowest BCUT2D eigenvalue weighted by Crippen LogP contribution is -2.40. The number of anilines is 1. The number of thiophene rings is 1. The molecule has 4 rings (SSSR count). The first-order chi connectivity index (χ1) is 10.8. The van der Waals surface area contributed by atoms with Gasteiger partial charge in [0, 0.05) is 24.9 Å². The number of nitrogens with one attached hydrogen (secondary N) is 1. The molecule has 5 nitrogen and oxygen atoms in total. The van der Waals surface area contributed by atoms with Crippen molar-refractivity contribution in [2.45, 2.75) is 37.5 Å². The summed E-state index contributed by atoms with van der Waals surface area (Å²) in [4.78, 5) is 14.1. The average molecular weight is 334 g/mol. The van der Waals surface area contributed by atoms with Gasteiger partial charge in [-0.1, -0.05) is 0 Å². The van der Waals surface area contributed by atoms with Crippen molar-refractivity contribution in [3.05, 3.63) is 27.5 Å². The fourth-order valence-corrected chi connectivity index (χ4v) is 4.56. The molecule has 0 aromatic carbocycles. The van der Waals surface area contributed by atoms with Crippen molar-refractivity contribution in [2.75, 3.05) is 18.4 Å². The van der Waals surface area contributed by atoms with Gasteiger partial charge < -0.3 is 4.90 Å². The minimum atomic E-state index is 0.0110. The van der Waals surface area contributed by atoms with Gasteiger partial charge in [0.05, 0.1) is 5.00 Å². The van der Waals surface area contributed by atoms with Gasteiger partial charge in [0.2, 0.25) is 0 Å². The number of likely N-dealkylation sites (tertiary alicyclic amines) is 1. The molecule has 3 heterocycles. The molecule has 2 aromatic rings. The zero-order valence-electron chi connectivity index (χ0n) is 12.2. The number of carbonyl (C=O) groups excluding carboxylic acids is 1. The van der Waals surface area contributed by atoms with Crippen LogP contribution in [0.1, 0.15) is 47.5 Å². The smallest absolute Gasteiger partial charge is 0.322 e. The van der Waals surface area contributed by atoms with Crippen LogP contribution in [0.4, 0.5) is 9.80 Å². The van der Waals surface area contributed by atoms with E-state index in [4.69, 9.17) is 0 Å². The van der Waals surface area contributed by atoms with Crippen LogP contribution in [0.2, 0.25) is 0 Å². The third-order valence-corrected chi connectivity index (χ3v) is 6.30. The van der Waals surface area contributed by atoms with Gasteiger partial charge in [-0.15, -0.1) is 32.9 Å². The van der Waals surface area contributed by atoms with E-state index in [2.05, 4.69) is 15.5 Å². The maximum absolute atomic E-state index is 12.2. The van der Waals surface area contributed by atoms with Gasteiger partial charge in [0.15, 0.2) is 0 Å². The van der Waals surface area contributed by atoms with E-state index >= 15 is 0 Å². The highest BCUT2D eigenvalue weighted by Crippen LogP contribution is 2.43. The molecular weight excluding hydrogens is 316 g/mol. The van der Waals surface area contributed by atoms with Crippen LogP contribution in [0.25, 0.3) is 0 Å². The minimum Gasteiger partial charge on any atom is -0.324 e. The van der Waals surface area contributed by atoms with Gasteiger partial charge in [0.1, 0.15) is 10.0 Å². The third-order valence-electron chi connectivity index (χ3n) is 4.27. The number of hydrogen-bond donors (Lipinski definition) is 1. The molecule has 116 valence electrons. The molecule has 7 heteroatoms. The first-order valence-corrected chi connectivity index (χ1v) is 9.42. The summed E-state index contributed by atoms with van der Waals surface area (Å²) in [6.07, 6.45) is 4.51. The number of carbonyl (C=O) groups is 1. The van der Waals surface area contributed by atoms with E-state index in [1.54, 1.807) is 22.7 Å². The Morgan fingerprint density at radius 3 is 2.41 bits per heavy atom. The molecular formula is C15H18N4OS2. The quantitative estimate of drug-likeness (QED) is 0.926. The SMILES string of the molecule is O=C(Nc1cccs1)N1CCC(c2nnc(C3CC3)s2)CC1. The Hall–Kier alpha value is -1.47. The highest BCUT2D eigenvalue weighted by atomic mass is 32.1. The molecule has 1 saturated carbocycles. The lowest BCUT2D eigenvalue weighted by atomic mass is 9.98. The predicted octanol–water partition coefficient (Wildman–Crippen LogP) is 3.89. The summed E-state index contributed by atoms with van der Waals surface area (Å²) in [5, 5.41) is 16.9. The Balaban J connectivity index is 1.32. The maximum Gasteiger partial charge on any atom is 0.322 e. The lowest BCUT2D eigenvalue weighted by Gasteiger charge is -2.30. The lowest BCUT2D eigenvalue weighted by molar-refractivity contribution is 0.194. The van der Waals surface area contributed by atoms with E-state index in [-0.39, 0.29) is 6.03 Å². The molecule has 0 spiro atoms. The second-order valence-corrected chi connectivity index (χ2v) is 7.91. The number of amides is 2. The van der Waals surface area contributed by atoms with Crippen LogP contribution in [0.15, 0.2) is 17.5 Å². The van der Waals surface area contributed by atoms with Crippen LogP contribution in [0.5, 0.6) is 0 Å². The molecule has 2 aliphatic rings. The first-order valence-electron chi connectivity index (χ1n) is 7.72. The molecule has 0 unspecified atom stereocenters. The van der Waals surface area contributed by atoms with Crippen LogP contribution in [0.3, 0.4) is 0 Å². The van der Waals surface area contributed by atoms with E-state index < -0.39 is 0 Å². The normalized spacial score (nSPS) is 19.4. The van der Waals surface area contributed by atoms with Crippen LogP contribution in [-0.4, -0.2) is 34.2 Å². The van der Waals surface area contributed by atoms with E-state index in [1.165, 1.54) is 22.9 Å². The predicted molar refractivity (Wildman–Crippen MR) is 88.8 cm³/mol. The van der Waals surface area contributed by atoms with Crippen molar-refractivity contribution in [1.82, 2.24) is 15.1 Å². The Bertz CT molecular complexity index is 642. The average Bonchev–Trinajstić information content (AvgIpc) is 3.06. The first kappa shape index (κ1) is 14.1. The Labute approximate surface area is 137 Å². The summed E-state index contributed by atoms with van der Waals surface area (Å²) in [6, 6.07) is 3.88. The summed E-state index contributed by atoms with van der Waals surface area (Å²) >= 11 is 3.33. The molecule has 2 fully saturated rings. The number of aromatic nitrogens is 2. The third kappa shape index (κ3) is 3.01. The topological polar surface area (TPSA) is 58.1 Å². The number of piperidine rings is 1. The molecule has 0 atom stereocenters. The largest absolute Gasteiger partial charge is 0.324 e. The van der Waals surface area contributed by atoms with E-state index in [9.17, 15) is 4.79 Å². The Kier molecular flexibility index (Phi) is 3.83. The van der Waals surface area contributed by atoms with Gasteiger partial charge in [-0.05, 0) is 43.2 Å². The molecule has 22 heavy (non-hydrogen) atoms. The van der Waals surface area contributed by atoms with Gasteiger partial charge >= 0.3 is 6.03 Å². The van der Waals surface area contributed by atoms with Gasteiger partial charge in [0.25, 0.3) is 0 Å². The van der Waals surface area contributed by atoms with Crippen molar-refractivity contribution in [3.8, 4) is 0 Å². The summed E-state index contributed by atoms with van der Waals surface area (Å²) < 4.78 is 0. The van der Waals surface area contributed by atoms with Gasteiger partial charge in [-0.2, -0.15) is 0 Å². The van der Waals surface area contributed by atoms with Gasteiger partial charge in [-0.25, -0.2) is 4.79 Å². The van der Waals surface area contributed by atoms with E-state index in [0.717, 1.165) is 30.9 Å². The summed E-state index contributed by atoms with van der Waals surface area (Å²) in [5.74, 6) is 1.15. The molecule has 1 aliphatic carbocycles. The second kappa shape index (κ2) is 5.96. The Morgan fingerprint density at radius 2 is 1.82 bits per heavy atom. The van der Waals surface area contributed by atoms with Crippen LogP contribution in [-0.2, 0) is 0 Å². The highest BCUT2D eigenvalue weighted by Gasteiger charge is 2.30. The zero-order valence-corrected chi connectivity index (χ0v) is 13.8. The van der Waals surface area contributed by atoms with Crippen molar-refractivity contribution in [2.24, 2.45) is 0 Å². The highest BCUT2D eigenvalue weighted by molar-refractivity contribution is 7.14. The maximum atomic E-state index is 12.2. The van der Waals surface area contributed by atoms with Crippen molar-refractivity contribution < 1.29 is 4.79 Å². The fourth-order valence-electron chi connectivity index (χ4n) is 2.77. The molecule has 1 saturated heterocycles. The van der Waals surface area contributed by atoms with E-state index in [0.29, 0.717) is 11.8 Å². The van der Waals surface area contributed by atoms with Crippen molar-refractivity contribution >= 4 is 33.7 Å². The van der Waals surface area contributed by atoms with E-state index in [1.807, 2.05) is 22.4 Å². The van der Waals surface area contributed by atoms with Crippen LogP contribution >= 0.6 is 22.7 Å². The minimum absolute atomic E-state index is 0.0110. The molecule has 1 aliphatic heterocycles. The summed E-state index contributed by atoms with van der Waals surface area (Å²) in [6.45, 7) is 1.58. The number of nitrogens with zero attached hydrogens (tertiary/aromatic N) is 3. The molecule has 1 N–H and O–H groups in total. The number of rotatable bonds is 3. The van der Waals surface area contributed by atoms with Crippen molar-refractivity contribution in [1.29, 1.82) is 0 Å². The summed E-state index contributed by atoms with van der Waals surface area (Å²) in [5.41, 5.74) is 0. The monoisotopic (exact) mass is 334 g/mol. The molecule has 2 amide bonds. The number of urea groups is 1. The number of hydrogen-bond acceptors (Lipinski definition) is 5. The molecule has 0 bridgehead atoms. The second-order valence-electron chi connectivity index (χ2n) is 5.92. The summed E-state index contributed by atoms with van der Waals surface area (Å²) in [7, 11) is 0. The zero-order chi connectivity index (χ0) is 14.9. The van der Waals surface area contributed by atoms with Crippen molar-refractivity contribution in [3.63, 3.8) is 0 Å². The fraction of sp³-hybridized carbons (Fsp3) is 0.533. The molecule has 0 radical (unpaired) electrons. The van der Waals surface area contributed by atoms with Crippen LogP contribution < -0.4 is 5.32 Å². The standard InChI is InChI=1S/C15H18N4OS2/c20-15(16-12-2-1-9-21-12)19-7-5-11(6-8-19)14-18-17-13(22-14)10-3-4-10/h1-2,9-11H,3-8H2,(H,16,20).